The Bertz CT molecular complexity index is 737. The van der Waals surface area contributed by atoms with Crippen molar-refractivity contribution in [3.63, 3.8) is 0 Å². The first-order valence-corrected chi connectivity index (χ1v) is 6.46. The highest BCUT2D eigenvalue weighted by atomic mass is 16.3. The fourth-order valence-electron chi connectivity index (χ4n) is 2.32. The lowest BCUT2D eigenvalue weighted by Crippen LogP contribution is -2.07. The zero-order chi connectivity index (χ0) is 13.9. The van der Waals surface area contributed by atoms with E-state index in [9.17, 15) is 5.11 Å². The van der Waals surface area contributed by atoms with Crippen molar-refractivity contribution in [2.24, 2.45) is 0 Å². The number of benzene rings is 1. The van der Waals surface area contributed by atoms with Gasteiger partial charge in [0.15, 0.2) is 0 Å². The highest BCUT2D eigenvalue weighted by molar-refractivity contribution is 5.84. The molecule has 2 aromatic heterocycles. The average molecular weight is 265 g/mol. The lowest BCUT2D eigenvalue weighted by atomic mass is 10.0. The van der Waals surface area contributed by atoms with Crippen LogP contribution in [-0.2, 0) is 6.42 Å². The molecular weight excluding hydrogens is 250 g/mol. The van der Waals surface area contributed by atoms with E-state index >= 15 is 0 Å². The maximum Gasteiger partial charge on any atom is 0.101 e. The van der Waals surface area contributed by atoms with Gasteiger partial charge in [-0.1, -0.05) is 24.3 Å². The summed E-state index contributed by atoms with van der Waals surface area (Å²) >= 11 is 0. The lowest BCUT2D eigenvalue weighted by molar-refractivity contribution is 0.175. The molecule has 3 rings (SSSR count). The molecule has 0 saturated heterocycles. The van der Waals surface area contributed by atoms with E-state index in [4.69, 9.17) is 5.73 Å². The Labute approximate surface area is 116 Å². The summed E-state index contributed by atoms with van der Waals surface area (Å²) in [4.78, 5) is 8.36. The Kier molecular flexibility index (Phi) is 3.31. The molecule has 1 aromatic carbocycles. The second-order valence-electron chi connectivity index (χ2n) is 4.71. The fourth-order valence-corrected chi connectivity index (χ4v) is 2.32. The molecular formula is C16H15N3O. The minimum absolute atomic E-state index is 0.403. The van der Waals surface area contributed by atoms with E-state index in [1.807, 2.05) is 30.3 Å². The van der Waals surface area contributed by atoms with Gasteiger partial charge in [-0.05, 0) is 23.1 Å². The molecule has 0 amide bonds. The van der Waals surface area contributed by atoms with Gasteiger partial charge >= 0.3 is 0 Å². The van der Waals surface area contributed by atoms with Gasteiger partial charge in [0.25, 0.3) is 0 Å². The molecule has 20 heavy (non-hydrogen) atoms. The number of nitrogens with zero attached hydrogens (tertiary/aromatic N) is 2. The van der Waals surface area contributed by atoms with Crippen LogP contribution in [0.25, 0.3) is 10.8 Å². The van der Waals surface area contributed by atoms with Crippen molar-refractivity contribution < 1.29 is 5.11 Å². The zero-order valence-electron chi connectivity index (χ0n) is 10.9. The lowest BCUT2D eigenvalue weighted by Gasteiger charge is -2.13. The molecule has 0 aliphatic carbocycles. The van der Waals surface area contributed by atoms with Crippen LogP contribution in [-0.4, -0.2) is 15.1 Å². The molecule has 100 valence electrons. The van der Waals surface area contributed by atoms with Crippen LogP contribution in [0.3, 0.4) is 0 Å². The molecule has 0 aliphatic rings. The monoisotopic (exact) mass is 265 g/mol. The number of aromatic nitrogens is 2. The normalized spacial score (nSPS) is 12.4. The number of hydrogen-bond acceptors (Lipinski definition) is 4. The third kappa shape index (κ3) is 2.33. The second kappa shape index (κ2) is 5.27. The van der Waals surface area contributed by atoms with E-state index < -0.39 is 6.10 Å². The van der Waals surface area contributed by atoms with Crippen molar-refractivity contribution in [2.45, 2.75) is 12.5 Å². The molecule has 0 fully saturated rings. The Balaban J connectivity index is 1.97. The van der Waals surface area contributed by atoms with Crippen molar-refractivity contribution in [1.82, 2.24) is 9.97 Å². The summed E-state index contributed by atoms with van der Waals surface area (Å²) < 4.78 is 0. The molecule has 3 aromatic rings. The van der Waals surface area contributed by atoms with Crippen molar-refractivity contribution >= 4 is 16.5 Å². The van der Waals surface area contributed by atoms with Gasteiger partial charge in [-0.25, -0.2) is 0 Å². The number of pyridine rings is 2. The highest BCUT2D eigenvalue weighted by Crippen LogP contribution is 2.25. The van der Waals surface area contributed by atoms with Crippen LogP contribution < -0.4 is 5.73 Å². The van der Waals surface area contributed by atoms with Gasteiger partial charge in [0.05, 0.1) is 5.69 Å². The summed E-state index contributed by atoms with van der Waals surface area (Å²) in [7, 11) is 0. The molecule has 0 spiro atoms. The van der Waals surface area contributed by atoms with Crippen LogP contribution in [0.15, 0.2) is 55.0 Å². The minimum Gasteiger partial charge on any atom is -0.398 e. The van der Waals surface area contributed by atoms with Crippen LogP contribution in [0.1, 0.15) is 17.4 Å². The molecule has 4 heteroatoms. The summed E-state index contributed by atoms with van der Waals surface area (Å²) in [6.07, 6.45) is 4.74. The fraction of sp³-hybridized carbons (Fsp3) is 0.125. The van der Waals surface area contributed by atoms with E-state index in [-0.39, 0.29) is 0 Å². The number of anilines is 1. The number of aliphatic hydroxyl groups is 1. The number of aliphatic hydroxyl groups excluding tert-OH is 1. The van der Waals surface area contributed by atoms with Gasteiger partial charge in [0, 0.05) is 36.1 Å². The third-order valence-electron chi connectivity index (χ3n) is 3.37. The molecule has 0 saturated carbocycles. The zero-order valence-corrected chi connectivity index (χ0v) is 10.9. The topological polar surface area (TPSA) is 72.0 Å². The van der Waals surface area contributed by atoms with E-state index in [1.54, 1.807) is 24.7 Å². The molecule has 0 aliphatic heterocycles. The molecule has 4 nitrogen and oxygen atoms in total. The minimum atomic E-state index is -0.701. The number of rotatable bonds is 3. The third-order valence-corrected chi connectivity index (χ3v) is 3.37. The summed E-state index contributed by atoms with van der Waals surface area (Å²) in [6.45, 7) is 0. The average Bonchev–Trinajstić information content (AvgIpc) is 2.49. The SMILES string of the molecule is Nc1ccncc1CC(O)c1nccc2ccccc12. The second-order valence-corrected chi connectivity index (χ2v) is 4.71. The smallest absolute Gasteiger partial charge is 0.101 e. The number of hydrogen-bond donors (Lipinski definition) is 2. The van der Waals surface area contributed by atoms with E-state index in [0.717, 1.165) is 16.3 Å². The molecule has 0 radical (unpaired) electrons. The summed E-state index contributed by atoms with van der Waals surface area (Å²) in [5, 5.41) is 12.5. The summed E-state index contributed by atoms with van der Waals surface area (Å²) in [5.41, 5.74) is 8.03. The molecule has 1 atom stereocenters. The molecule has 1 unspecified atom stereocenters. The van der Waals surface area contributed by atoms with Gasteiger partial charge < -0.3 is 10.8 Å². The maximum absolute atomic E-state index is 10.5. The van der Waals surface area contributed by atoms with Crippen molar-refractivity contribution in [3.8, 4) is 0 Å². The van der Waals surface area contributed by atoms with E-state index in [0.29, 0.717) is 17.8 Å². The number of nitrogen functional groups attached to an aromatic ring is 1. The quantitative estimate of drug-likeness (QED) is 0.763. The van der Waals surface area contributed by atoms with Crippen molar-refractivity contribution in [3.05, 3.63) is 66.2 Å². The first kappa shape index (κ1) is 12.6. The van der Waals surface area contributed by atoms with Crippen LogP contribution in [0.4, 0.5) is 5.69 Å². The van der Waals surface area contributed by atoms with E-state index in [1.165, 1.54) is 0 Å². The van der Waals surface area contributed by atoms with Gasteiger partial charge in [-0.3, -0.25) is 9.97 Å². The predicted octanol–water partition coefficient (Wildman–Crippen LogP) is 2.49. The van der Waals surface area contributed by atoms with E-state index in [2.05, 4.69) is 9.97 Å². The van der Waals surface area contributed by atoms with Crippen molar-refractivity contribution in [2.75, 3.05) is 5.73 Å². The van der Waals surface area contributed by atoms with Gasteiger partial charge in [0.2, 0.25) is 0 Å². The van der Waals surface area contributed by atoms with Gasteiger partial charge in [-0.15, -0.1) is 0 Å². The number of fused-ring (bicyclic) bond motifs is 1. The summed E-state index contributed by atoms with van der Waals surface area (Å²) in [5.74, 6) is 0. The van der Waals surface area contributed by atoms with Crippen LogP contribution in [0.2, 0.25) is 0 Å². The van der Waals surface area contributed by atoms with Crippen molar-refractivity contribution in [1.29, 1.82) is 0 Å². The van der Waals surface area contributed by atoms with Crippen LogP contribution in [0, 0.1) is 0 Å². The van der Waals surface area contributed by atoms with Crippen LogP contribution >= 0.6 is 0 Å². The largest absolute Gasteiger partial charge is 0.398 e. The summed E-state index contributed by atoms with van der Waals surface area (Å²) in [6, 6.07) is 11.6. The Morgan fingerprint density at radius 3 is 2.80 bits per heavy atom. The highest BCUT2D eigenvalue weighted by Gasteiger charge is 2.14. The molecule has 2 heterocycles. The predicted molar refractivity (Wildman–Crippen MR) is 79.1 cm³/mol. The van der Waals surface area contributed by atoms with Gasteiger partial charge in [0.1, 0.15) is 6.10 Å². The number of nitrogens with two attached hydrogens (primary N) is 1. The first-order chi connectivity index (χ1) is 9.75. The standard InChI is InChI=1S/C16H15N3O/c17-14-6-7-18-10-12(14)9-15(20)16-13-4-2-1-3-11(13)5-8-19-16/h1-8,10,15,20H,9H2,(H2,17,18). The Morgan fingerprint density at radius 1 is 1.10 bits per heavy atom. The van der Waals surface area contributed by atoms with Gasteiger partial charge in [-0.2, -0.15) is 0 Å². The molecule has 3 N–H and O–H groups in total. The Morgan fingerprint density at radius 2 is 1.95 bits per heavy atom. The Hall–Kier alpha value is -2.46. The van der Waals surface area contributed by atoms with Crippen LogP contribution in [0.5, 0.6) is 0 Å². The maximum atomic E-state index is 10.5. The molecule has 0 bridgehead atoms. The first-order valence-electron chi connectivity index (χ1n) is 6.46.